The maximum atomic E-state index is 2.26. The minimum Gasteiger partial charge on any atom is -0.0914 e. The molecule has 0 fully saturated rings. The van der Waals surface area contributed by atoms with Crippen molar-refractivity contribution in [2.75, 3.05) is 0 Å². The Labute approximate surface area is 94.0 Å². The summed E-state index contributed by atoms with van der Waals surface area (Å²) in [6.45, 7) is 8.81. The van der Waals surface area contributed by atoms with Gasteiger partial charge in [-0.2, -0.15) is 0 Å². The fourth-order valence-electron chi connectivity index (χ4n) is 1.81. The minimum absolute atomic E-state index is 0.631. The third kappa shape index (κ3) is 3.91. The largest absolute Gasteiger partial charge is 0.0914 e. The molecule has 0 bridgehead atoms. The molecule has 15 heavy (non-hydrogen) atoms. The first-order valence-corrected chi connectivity index (χ1v) is 5.85. The Morgan fingerprint density at radius 2 is 1.67 bits per heavy atom. The van der Waals surface area contributed by atoms with Gasteiger partial charge >= 0.3 is 0 Å². The van der Waals surface area contributed by atoms with E-state index in [4.69, 9.17) is 0 Å². The first kappa shape index (κ1) is 12.0. The van der Waals surface area contributed by atoms with E-state index in [1.165, 1.54) is 11.1 Å². The zero-order valence-electron chi connectivity index (χ0n) is 10.3. The summed E-state index contributed by atoms with van der Waals surface area (Å²) in [4.78, 5) is 0. The van der Waals surface area contributed by atoms with E-state index in [-0.39, 0.29) is 0 Å². The minimum atomic E-state index is 0.631. The highest BCUT2D eigenvalue weighted by Gasteiger charge is 2.01. The maximum absolute atomic E-state index is 2.26. The highest BCUT2D eigenvalue weighted by molar-refractivity contribution is 5.25. The van der Waals surface area contributed by atoms with Crippen molar-refractivity contribution in [3.05, 3.63) is 47.5 Å². The standard InChI is InChI=1S/C15H22/c1-5-6-13(4)11-14-7-9-15(10-8-14)12(2)3/h5-10,12-13H,11H2,1-4H3/b6-5-. The molecule has 0 aliphatic carbocycles. The van der Waals surface area contributed by atoms with E-state index < -0.39 is 0 Å². The predicted molar refractivity (Wildman–Crippen MR) is 68.2 cm³/mol. The molecule has 0 saturated carbocycles. The van der Waals surface area contributed by atoms with Crippen molar-refractivity contribution in [2.45, 2.75) is 40.0 Å². The average molecular weight is 202 g/mol. The second kappa shape index (κ2) is 5.75. The van der Waals surface area contributed by atoms with E-state index in [1.54, 1.807) is 0 Å². The average Bonchev–Trinajstić information content (AvgIpc) is 2.18. The molecule has 1 rings (SSSR count). The fourth-order valence-corrected chi connectivity index (χ4v) is 1.81. The molecule has 0 nitrogen and oxygen atoms in total. The summed E-state index contributed by atoms with van der Waals surface area (Å²) in [5.74, 6) is 1.27. The highest BCUT2D eigenvalue weighted by Crippen LogP contribution is 2.16. The quantitative estimate of drug-likeness (QED) is 0.628. The van der Waals surface area contributed by atoms with E-state index >= 15 is 0 Å². The zero-order valence-corrected chi connectivity index (χ0v) is 10.3. The lowest BCUT2D eigenvalue weighted by atomic mass is 9.97. The second-order valence-electron chi connectivity index (χ2n) is 4.60. The van der Waals surface area contributed by atoms with Crippen LogP contribution in [0.1, 0.15) is 44.7 Å². The summed E-state index contributed by atoms with van der Waals surface area (Å²) in [6, 6.07) is 9.02. The summed E-state index contributed by atoms with van der Waals surface area (Å²) in [5.41, 5.74) is 2.86. The molecule has 0 spiro atoms. The van der Waals surface area contributed by atoms with Crippen LogP contribution in [-0.2, 0) is 6.42 Å². The van der Waals surface area contributed by atoms with Gasteiger partial charge in [-0.3, -0.25) is 0 Å². The molecule has 0 N–H and O–H groups in total. The Balaban J connectivity index is 2.64. The smallest absolute Gasteiger partial charge is 0.0218 e. The molecule has 1 aromatic rings. The Morgan fingerprint density at radius 3 is 2.13 bits per heavy atom. The molecule has 0 heterocycles. The SMILES string of the molecule is C/C=C\C(C)Cc1ccc(C(C)C)cc1. The second-order valence-corrected chi connectivity index (χ2v) is 4.60. The summed E-state index contributed by atoms with van der Waals surface area (Å²) in [5, 5.41) is 0. The first-order chi connectivity index (χ1) is 7.13. The third-order valence-electron chi connectivity index (χ3n) is 2.73. The molecule has 1 aromatic carbocycles. The van der Waals surface area contributed by atoms with Crippen LogP contribution < -0.4 is 0 Å². The van der Waals surface area contributed by atoms with Crippen LogP contribution in [0.15, 0.2) is 36.4 Å². The van der Waals surface area contributed by atoms with Gasteiger partial charge in [0, 0.05) is 0 Å². The molecule has 0 saturated heterocycles. The maximum Gasteiger partial charge on any atom is -0.0218 e. The Hall–Kier alpha value is -1.04. The van der Waals surface area contributed by atoms with Crippen LogP contribution in [0, 0.1) is 5.92 Å². The molecule has 0 aliphatic rings. The van der Waals surface area contributed by atoms with Gasteiger partial charge in [0.2, 0.25) is 0 Å². The molecule has 0 aromatic heterocycles. The number of benzene rings is 1. The van der Waals surface area contributed by atoms with Gasteiger partial charge < -0.3 is 0 Å². The van der Waals surface area contributed by atoms with Crippen LogP contribution >= 0.6 is 0 Å². The van der Waals surface area contributed by atoms with Crippen LogP contribution in [0.3, 0.4) is 0 Å². The van der Waals surface area contributed by atoms with Crippen LogP contribution in [-0.4, -0.2) is 0 Å². The van der Waals surface area contributed by atoms with Crippen molar-refractivity contribution in [1.29, 1.82) is 0 Å². The van der Waals surface area contributed by atoms with Gasteiger partial charge in [-0.25, -0.2) is 0 Å². The lowest BCUT2D eigenvalue weighted by molar-refractivity contribution is 0.721. The van der Waals surface area contributed by atoms with Crippen LogP contribution in [0.2, 0.25) is 0 Å². The van der Waals surface area contributed by atoms with Crippen molar-refractivity contribution >= 4 is 0 Å². The molecule has 1 unspecified atom stereocenters. The van der Waals surface area contributed by atoms with E-state index in [1.807, 2.05) is 0 Å². The van der Waals surface area contributed by atoms with Gasteiger partial charge in [-0.05, 0) is 36.3 Å². The normalized spacial score (nSPS) is 13.7. The van der Waals surface area contributed by atoms with E-state index in [9.17, 15) is 0 Å². The molecule has 0 aliphatic heterocycles. The van der Waals surface area contributed by atoms with Gasteiger partial charge in [0.1, 0.15) is 0 Å². The van der Waals surface area contributed by atoms with Crippen molar-refractivity contribution in [3.8, 4) is 0 Å². The summed E-state index contributed by atoms with van der Waals surface area (Å²) >= 11 is 0. The summed E-state index contributed by atoms with van der Waals surface area (Å²) in [7, 11) is 0. The third-order valence-corrected chi connectivity index (χ3v) is 2.73. The lowest BCUT2D eigenvalue weighted by Gasteiger charge is -2.09. The van der Waals surface area contributed by atoms with E-state index in [2.05, 4.69) is 64.1 Å². The lowest BCUT2D eigenvalue weighted by Crippen LogP contribution is -1.96. The van der Waals surface area contributed by atoms with Gasteiger partial charge in [-0.15, -0.1) is 0 Å². The number of rotatable bonds is 4. The van der Waals surface area contributed by atoms with Gasteiger partial charge in [0.15, 0.2) is 0 Å². The molecule has 0 amide bonds. The van der Waals surface area contributed by atoms with Crippen LogP contribution in [0.5, 0.6) is 0 Å². The topological polar surface area (TPSA) is 0 Å². The highest BCUT2D eigenvalue weighted by atomic mass is 14.1. The molecular weight excluding hydrogens is 180 g/mol. The van der Waals surface area contributed by atoms with Gasteiger partial charge in [0.05, 0.1) is 0 Å². The number of allylic oxidation sites excluding steroid dienone is 2. The predicted octanol–water partition coefficient (Wildman–Crippen LogP) is 4.56. The number of hydrogen-bond donors (Lipinski definition) is 0. The first-order valence-electron chi connectivity index (χ1n) is 5.85. The van der Waals surface area contributed by atoms with Crippen LogP contribution in [0.25, 0.3) is 0 Å². The molecular formula is C15H22. The Bertz CT molecular complexity index is 303. The van der Waals surface area contributed by atoms with Crippen molar-refractivity contribution < 1.29 is 0 Å². The van der Waals surface area contributed by atoms with E-state index in [0.29, 0.717) is 11.8 Å². The van der Waals surface area contributed by atoms with Crippen molar-refractivity contribution in [2.24, 2.45) is 5.92 Å². The number of hydrogen-bond acceptors (Lipinski definition) is 0. The van der Waals surface area contributed by atoms with Crippen LogP contribution in [0.4, 0.5) is 0 Å². The molecule has 1 atom stereocenters. The zero-order chi connectivity index (χ0) is 11.3. The molecule has 82 valence electrons. The van der Waals surface area contributed by atoms with E-state index in [0.717, 1.165) is 6.42 Å². The monoisotopic (exact) mass is 202 g/mol. The van der Waals surface area contributed by atoms with Gasteiger partial charge in [-0.1, -0.05) is 57.2 Å². The summed E-state index contributed by atoms with van der Waals surface area (Å²) in [6.07, 6.45) is 5.53. The summed E-state index contributed by atoms with van der Waals surface area (Å²) < 4.78 is 0. The fraction of sp³-hybridized carbons (Fsp3) is 0.467. The Morgan fingerprint density at radius 1 is 1.07 bits per heavy atom. The van der Waals surface area contributed by atoms with Gasteiger partial charge in [0.25, 0.3) is 0 Å². The molecule has 0 radical (unpaired) electrons. The molecule has 0 heteroatoms. The Kier molecular flexibility index (Phi) is 4.61. The van der Waals surface area contributed by atoms with Crippen molar-refractivity contribution in [1.82, 2.24) is 0 Å². The van der Waals surface area contributed by atoms with Crippen molar-refractivity contribution in [3.63, 3.8) is 0 Å².